The highest BCUT2D eigenvalue weighted by Gasteiger charge is 2.33. The first-order valence-electron chi connectivity index (χ1n) is 7.00. The fraction of sp³-hybridized carbons (Fsp3) is 0.250. The summed E-state index contributed by atoms with van der Waals surface area (Å²) in [6, 6.07) is 10.2. The number of sulfonamides is 1. The van der Waals surface area contributed by atoms with Gasteiger partial charge in [0, 0.05) is 25.4 Å². The molecule has 2 rings (SSSR count). The van der Waals surface area contributed by atoms with Crippen molar-refractivity contribution < 1.29 is 18.3 Å². The van der Waals surface area contributed by atoms with Crippen molar-refractivity contribution >= 4 is 33.0 Å². The van der Waals surface area contributed by atoms with Gasteiger partial charge in [0.05, 0.1) is 4.90 Å². The molecule has 0 amide bonds. The summed E-state index contributed by atoms with van der Waals surface area (Å²) in [7, 11) is -2.62. The predicted molar refractivity (Wildman–Crippen MR) is 95.8 cm³/mol. The number of aryl methyl sites for hydroxylation is 1. The zero-order valence-corrected chi connectivity index (χ0v) is 15.8. The van der Waals surface area contributed by atoms with E-state index in [1.807, 2.05) is 6.92 Å². The minimum absolute atomic E-state index is 0. The summed E-state index contributed by atoms with van der Waals surface area (Å²) in [5.41, 5.74) is 1.45. The van der Waals surface area contributed by atoms with E-state index < -0.39 is 22.0 Å². The van der Waals surface area contributed by atoms with Crippen molar-refractivity contribution in [3.05, 3.63) is 59.9 Å². The van der Waals surface area contributed by atoms with Crippen LogP contribution in [0.5, 0.6) is 0 Å². The molecule has 8 heteroatoms. The van der Waals surface area contributed by atoms with Crippen molar-refractivity contribution in [2.45, 2.75) is 24.3 Å². The number of halogens is 1. The summed E-state index contributed by atoms with van der Waals surface area (Å²) in [5, 5.41) is 9.43. The smallest absolute Gasteiger partial charge is 0.322 e. The van der Waals surface area contributed by atoms with Crippen LogP contribution in [-0.4, -0.2) is 41.9 Å². The molecule has 0 saturated carbocycles. The molecule has 0 radical (unpaired) electrons. The number of pyridine rings is 1. The van der Waals surface area contributed by atoms with E-state index in [2.05, 4.69) is 4.98 Å². The lowest BCUT2D eigenvalue weighted by atomic mass is 10.1. The molecule has 1 atom stereocenters. The lowest BCUT2D eigenvalue weighted by molar-refractivity contribution is -0.141. The summed E-state index contributed by atoms with van der Waals surface area (Å²) in [6.45, 7) is 1.85. The molecule has 0 saturated heterocycles. The van der Waals surface area contributed by atoms with E-state index in [1.165, 1.54) is 19.2 Å². The number of rotatable bonds is 6. The number of aromatic nitrogens is 1. The van der Waals surface area contributed by atoms with Gasteiger partial charge in [-0.1, -0.05) is 23.8 Å². The van der Waals surface area contributed by atoms with Crippen LogP contribution in [0, 0.1) is 6.92 Å². The number of carboxylic acid groups (broad SMARTS) is 1. The van der Waals surface area contributed by atoms with Crippen molar-refractivity contribution in [2.75, 3.05) is 7.05 Å². The summed E-state index contributed by atoms with van der Waals surface area (Å²) < 4.78 is 26.1. The maximum atomic E-state index is 12.6. The molecule has 1 aromatic carbocycles. The first kappa shape index (κ1) is 20.3. The zero-order valence-electron chi connectivity index (χ0n) is 13.3. The summed E-state index contributed by atoms with van der Waals surface area (Å²) >= 11 is 0. The van der Waals surface area contributed by atoms with Gasteiger partial charge in [-0.05, 0) is 31.2 Å². The van der Waals surface area contributed by atoms with E-state index in [0.29, 0.717) is 5.69 Å². The molecule has 0 unspecified atom stereocenters. The van der Waals surface area contributed by atoms with Gasteiger partial charge in [0.2, 0.25) is 10.0 Å². The third-order valence-electron chi connectivity index (χ3n) is 3.55. The number of hydrogen-bond acceptors (Lipinski definition) is 4. The van der Waals surface area contributed by atoms with Crippen LogP contribution in [-0.2, 0) is 21.2 Å². The van der Waals surface area contributed by atoms with E-state index in [9.17, 15) is 18.3 Å². The third kappa shape index (κ3) is 4.62. The van der Waals surface area contributed by atoms with Crippen LogP contribution in [0.25, 0.3) is 0 Å². The molecule has 0 bridgehead atoms. The Kier molecular flexibility index (Phi) is 7.07. The van der Waals surface area contributed by atoms with Gasteiger partial charge in [-0.2, -0.15) is 4.31 Å². The number of nitrogens with zero attached hydrogens (tertiary/aromatic N) is 2. The monoisotopic (exact) mass is 414 g/mol. The molecule has 0 aliphatic carbocycles. The molecule has 130 valence electrons. The van der Waals surface area contributed by atoms with Gasteiger partial charge >= 0.3 is 5.97 Å². The Labute approximate surface area is 152 Å². The molecular formula is C16H19BrN2O4S. The molecule has 0 spiro atoms. The van der Waals surface area contributed by atoms with Crippen molar-refractivity contribution in [3.8, 4) is 0 Å². The van der Waals surface area contributed by atoms with Crippen molar-refractivity contribution in [1.29, 1.82) is 0 Å². The second-order valence-corrected chi connectivity index (χ2v) is 7.21. The second kappa shape index (κ2) is 8.36. The highest BCUT2D eigenvalue weighted by Crippen LogP contribution is 2.19. The standard InChI is InChI=1S/C16H18N2O4S.BrH/c1-12-6-8-14(9-7-12)23(21,22)18(2)15(16(19)20)11-13-5-3-4-10-17-13;/h3-10,15H,11H2,1-2H3,(H,19,20);1H/t15-;/m0./s1. The first-order chi connectivity index (χ1) is 10.8. The van der Waals surface area contributed by atoms with E-state index in [0.717, 1.165) is 9.87 Å². The van der Waals surface area contributed by atoms with Crippen LogP contribution in [0.3, 0.4) is 0 Å². The van der Waals surface area contributed by atoms with Crippen LogP contribution >= 0.6 is 17.0 Å². The van der Waals surface area contributed by atoms with Gasteiger partial charge in [-0.3, -0.25) is 9.78 Å². The summed E-state index contributed by atoms with van der Waals surface area (Å²) in [5.74, 6) is -1.21. The number of likely N-dealkylation sites (N-methyl/N-ethyl adjacent to an activating group) is 1. The molecule has 0 aliphatic heterocycles. The van der Waals surface area contributed by atoms with Gasteiger partial charge in [-0.25, -0.2) is 8.42 Å². The zero-order chi connectivity index (χ0) is 17.0. The van der Waals surface area contributed by atoms with Gasteiger partial charge in [-0.15, -0.1) is 17.0 Å². The molecule has 0 fully saturated rings. The Bertz CT molecular complexity index is 779. The van der Waals surface area contributed by atoms with E-state index >= 15 is 0 Å². The molecular weight excluding hydrogens is 396 g/mol. The molecule has 24 heavy (non-hydrogen) atoms. The maximum absolute atomic E-state index is 12.6. The average molecular weight is 415 g/mol. The van der Waals surface area contributed by atoms with Crippen LogP contribution in [0.4, 0.5) is 0 Å². The fourth-order valence-electron chi connectivity index (χ4n) is 2.13. The van der Waals surface area contributed by atoms with Crippen molar-refractivity contribution in [1.82, 2.24) is 9.29 Å². The summed E-state index contributed by atoms with van der Waals surface area (Å²) in [6.07, 6.45) is 1.54. The predicted octanol–water partition coefficient (Wildman–Crippen LogP) is 2.28. The van der Waals surface area contributed by atoms with E-state index in [-0.39, 0.29) is 28.3 Å². The minimum atomic E-state index is -3.90. The average Bonchev–Trinajstić information content (AvgIpc) is 2.53. The number of carbonyl (C=O) groups is 1. The third-order valence-corrected chi connectivity index (χ3v) is 5.43. The van der Waals surface area contributed by atoms with Crippen molar-refractivity contribution in [2.24, 2.45) is 0 Å². The molecule has 1 N–H and O–H groups in total. The SMILES string of the molecule is Br.Cc1ccc(S(=O)(=O)N(C)[C@@H](Cc2ccccn2)C(=O)O)cc1. The molecule has 0 aliphatic rings. The lowest BCUT2D eigenvalue weighted by Gasteiger charge is -2.24. The van der Waals surface area contributed by atoms with Crippen molar-refractivity contribution in [3.63, 3.8) is 0 Å². The second-order valence-electron chi connectivity index (χ2n) is 5.21. The number of carboxylic acids is 1. The number of benzene rings is 1. The van der Waals surface area contributed by atoms with E-state index in [1.54, 1.807) is 36.5 Å². The molecule has 6 nitrogen and oxygen atoms in total. The first-order valence-corrected chi connectivity index (χ1v) is 8.44. The fourth-order valence-corrected chi connectivity index (χ4v) is 3.44. The normalized spacial score (nSPS) is 12.5. The number of hydrogen-bond donors (Lipinski definition) is 1. The molecule has 2 aromatic rings. The Balaban J connectivity index is 0.00000288. The maximum Gasteiger partial charge on any atom is 0.322 e. The Morgan fingerprint density at radius 3 is 2.33 bits per heavy atom. The van der Waals surface area contributed by atoms with Crippen LogP contribution in [0.15, 0.2) is 53.6 Å². The van der Waals surface area contributed by atoms with Gasteiger partial charge in [0.15, 0.2) is 0 Å². The quantitative estimate of drug-likeness (QED) is 0.782. The van der Waals surface area contributed by atoms with E-state index in [4.69, 9.17) is 0 Å². The molecule has 1 heterocycles. The van der Waals surface area contributed by atoms with Crippen LogP contribution in [0.1, 0.15) is 11.3 Å². The topological polar surface area (TPSA) is 87.6 Å². The van der Waals surface area contributed by atoms with Crippen LogP contribution < -0.4 is 0 Å². The Morgan fingerprint density at radius 1 is 1.21 bits per heavy atom. The lowest BCUT2D eigenvalue weighted by Crippen LogP contribution is -2.43. The Morgan fingerprint density at radius 2 is 1.83 bits per heavy atom. The van der Waals surface area contributed by atoms with Gasteiger partial charge < -0.3 is 5.11 Å². The highest BCUT2D eigenvalue weighted by atomic mass is 79.9. The van der Waals surface area contributed by atoms with Gasteiger partial charge in [0.25, 0.3) is 0 Å². The van der Waals surface area contributed by atoms with Crippen LogP contribution in [0.2, 0.25) is 0 Å². The molecule has 1 aromatic heterocycles. The highest BCUT2D eigenvalue weighted by molar-refractivity contribution is 8.93. The largest absolute Gasteiger partial charge is 0.480 e. The number of aliphatic carboxylic acids is 1. The van der Waals surface area contributed by atoms with Gasteiger partial charge in [0.1, 0.15) is 6.04 Å². The Hall–Kier alpha value is -1.77. The minimum Gasteiger partial charge on any atom is -0.480 e. The summed E-state index contributed by atoms with van der Waals surface area (Å²) in [4.78, 5) is 15.7.